The molecule has 1 saturated heterocycles. The van der Waals surface area contributed by atoms with Crippen LogP contribution in [0.1, 0.15) is 26.7 Å². The molecule has 0 aromatic heterocycles. The summed E-state index contributed by atoms with van der Waals surface area (Å²) in [5.41, 5.74) is -0.562. The highest BCUT2D eigenvalue weighted by atomic mass is 32.2. The lowest BCUT2D eigenvalue weighted by molar-refractivity contribution is -0.125. The van der Waals surface area contributed by atoms with E-state index in [1.54, 1.807) is 13.8 Å². The Balaban J connectivity index is 1.98. The average Bonchev–Trinajstić information content (AvgIpc) is 3.03. The Bertz CT molecular complexity index is 639. The third-order valence-corrected chi connectivity index (χ3v) is 5.23. The minimum atomic E-state index is -0.926. The standard InChI is InChI=1S/C16H20N4O3S/c1-16(2)11(6-17)14(22)20-15(12(16)7-18)24-9-13(21)19-8-10-4-3-5-23-10/h10-11H,3-5,8-9H2,1-2H3,(H,19,21)(H,20,22)/t10-,11+/m0/s1. The molecule has 2 aliphatic heterocycles. The van der Waals surface area contributed by atoms with Gasteiger partial charge in [0.15, 0.2) is 0 Å². The first-order chi connectivity index (χ1) is 11.4. The molecule has 0 aromatic carbocycles. The Hall–Kier alpha value is -2.03. The minimum Gasteiger partial charge on any atom is -0.376 e. The number of nitrogens with zero attached hydrogens (tertiary/aromatic N) is 2. The Kier molecular flexibility index (Phi) is 5.87. The third-order valence-electron chi connectivity index (χ3n) is 4.23. The van der Waals surface area contributed by atoms with Gasteiger partial charge >= 0.3 is 0 Å². The van der Waals surface area contributed by atoms with Crippen LogP contribution >= 0.6 is 11.8 Å². The molecule has 2 heterocycles. The van der Waals surface area contributed by atoms with Gasteiger partial charge in [-0.05, 0) is 12.8 Å². The quantitative estimate of drug-likeness (QED) is 0.767. The number of hydrogen-bond acceptors (Lipinski definition) is 6. The van der Waals surface area contributed by atoms with Crippen molar-refractivity contribution < 1.29 is 14.3 Å². The lowest BCUT2D eigenvalue weighted by atomic mass is 9.72. The molecule has 0 spiro atoms. The number of thioether (sulfide) groups is 1. The molecule has 7 nitrogen and oxygen atoms in total. The van der Waals surface area contributed by atoms with Gasteiger partial charge in [-0.1, -0.05) is 25.6 Å². The summed E-state index contributed by atoms with van der Waals surface area (Å²) in [5.74, 6) is -1.47. The lowest BCUT2D eigenvalue weighted by Crippen LogP contribution is -2.44. The number of allylic oxidation sites excluding steroid dienone is 1. The minimum absolute atomic E-state index is 0.0672. The molecule has 0 aliphatic carbocycles. The molecule has 24 heavy (non-hydrogen) atoms. The number of carbonyl (C=O) groups excluding carboxylic acids is 2. The van der Waals surface area contributed by atoms with E-state index in [4.69, 9.17) is 10.00 Å². The number of rotatable bonds is 5. The molecule has 2 rings (SSSR count). The van der Waals surface area contributed by atoms with Crippen LogP contribution < -0.4 is 10.6 Å². The van der Waals surface area contributed by atoms with Crippen LogP contribution in [0.2, 0.25) is 0 Å². The fourth-order valence-electron chi connectivity index (χ4n) is 2.76. The first-order valence-electron chi connectivity index (χ1n) is 7.76. The largest absolute Gasteiger partial charge is 0.376 e. The second-order valence-corrected chi connectivity index (χ2v) is 7.30. The first-order valence-corrected chi connectivity index (χ1v) is 8.75. The topological polar surface area (TPSA) is 115 Å². The van der Waals surface area contributed by atoms with Crippen LogP contribution in [0.5, 0.6) is 0 Å². The van der Waals surface area contributed by atoms with Crippen LogP contribution in [-0.4, -0.2) is 36.8 Å². The molecule has 128 valence electrons. The van der Waals surface area contributed by atoms with Gasteiger partial charge in [-0.15, -0.1) is 0 Å². The second-order valence-electron chi connectivity index (χ2n) is 6.32. The van der Waals surface area contributed by atoms with Crippen molar-refractivity contribution in [3.05, 3.63) is 10.6 Å². The lowest BCUT2D eigenvalue weighted by Gasteiger charge is -2.34. The summed E-state index contributed by atoms with van der Waals surface area (Å²) < 4.78 is 5.44. The number of hydrogen-bond donors (Lipinski definition) is 2. The smallest absolute Gasteiger partial charge is 0.243 e. The number of amides is 2. The van der Waals surface area contributed by atoms with Gasteiger partial charge in [0.05, 0.1) is 34.6 Å². The molecule has 8 heteroatoms. The van der Waals surface area contributed by atoms with E-state index < -0.39 is 17.2 Å². The van der Waals surface area contributed by atoms with Crippen molar-refractivity contribution in [1.29, 1.82) is 10.5 Å². The van der Waals surface area contributed by atoms with Crippen molar-refractivity contribution in [2.75, 3.05) is 18.9 Å². The maximum Gasteiger partial charge on any atom is 0.243 e. The van der Waals surface area contributed by atoms with Gasteiger partial charge in [-0.25, -0.2) is 0 Å². The molecule has 0 saturated carbocycles. The molecular formula is C16H20N4O3S. The van der Waals surface area contributed by atoms with E-state index in [9.17, 15) is 14.9 Å². The number of nitrogens with one attached hydrogen (secondary N) is 2. The van der Waals surface area contributed by atoms with E-state index in [0.717, 1.165) is 31.2 Å². The molecule has 0 radical (unpaired) electrons. The molecular weight excluding hydrogens is 328 g/mol. The van der Waals surface area contributed by atoms with E-state index in [-0.39, 0.29) is 17.8 Å². The molecule has 0 bridgehead atoms. The summed E-state index contributed by atoms with van der Waals surface area (Å²) in [5, 5.41) is 24.3. The predicted molar refractivity (Wildman–Crippen MR) is 88.1 cm³/mol. The van der Waals surface area contributed by atoms with Gasteiger partial charge in [-0.2, -0.15) is 10.5 Å². The van der Waals surface area contributed by atoms with Gasteiger partial charge in [0, 0.05) is 18.6 Å². The van der Waals surface area contributed by atoms with Gasteiger partial charge in [0.1, 0.15) is 5.92 Å². The predicted octanol–water partition coefficient (Wildman–Crippen LogP) is 1.05. The Morgan fingerprint density at radius 3 is 2.83 bits per heavy atom. The summed E-state index contributed by atoms with van der Waals surface area (Å²) in [6.45, 7) is 4.58. The molecule has 2 atom stereocenters. The van der Waals surface area contributed by atoms with Crippen LogP contribution in [0.3, 0.4) is 0 Å². The monoisotopic (exact) mass is 348 g/mol. The van der Waals surface area contributed by atoms with Crippen molar-refractivity contribution in [1.82, 2.24) is 10.6 Å². The van der Waals surface area contributed by atoms with Gasteiger partial charge in [-0.3, -0.25) is 9.59 Å². The van der Waals surface area contributed by atoms with E-state index >= 15 is 0 Å². The fourth-order valence-corrected chi connectivity index (χ4v) is 3.76. The molecule has 1 fully saturated rings. The van der Waals surface area contributed by atoms with Crippen molar-refractivity contribution in [2.45, 2.75) is 32.8 Å². The molecule has 2 aliphatic rings. The molecule has 2 N–H and O–H groups in total. The highest BCUT2D eigenvalue weighted by Crippen LogP contribution is 2.41. The highest BCUT2D eigenvalue weighted by molar-refractivity contribution is 8.03. The molecule has 0 aromatic rings. The average molecular weight is 348 g/mol. The summed E-state index contributed by atoms with van der Waals surface area (Å²) in [7, 11) is 0. The van der Waals surface area contributed by atoms with E-state index in [0.29, 0.717) is 17.1 Å². The summed E-state index contributed by atoms with van der Waals surface area (Å²) in [6, 6.07) is 4.02. The maximum absolute atomic E-state index is 12.0. The van der Waals surface area contributed by atoms with Crippen LogP contribution in [0, 0.1) is 34.0 Å². The summed E-state index contributed by atoms with van der Waals surface area (Å²) in [6.07, 6.45) is 2.02. The molecule has 0 unspecified atom stereocenters. The SMILES string of the molecule is CC1(C)C(C#N)=C(SCC(=O)NC[C@@H]2CCCO2)NC(=O)[C@H]1C#N. The number of ether oxygens (including phenoxy) is 1. The normalized spacial score (nSPS) is 25.6. The second kappa shape index (κ2) is 7.69. The van der Waals surface area contributed by atoms with Crippen molar-refractivity contribution in [3.63, 3.8) is 0 Å². The third kappa shape index (κ3) is 3.89. The first kappa shape index (κ1) is 18.3. The molecule has 2 amide bonds. The van der Waals surface area contributed by atoms with Gasteiger partial charge < -0.3 is 15.4 Å². The Morgan fingerprint density at radius 2 is 2.25 bits per heavy atom. The van der Waals surface area contributed by atoms with E-state index in [1.807, 2.05) is 6.07 Å². The van der Waals surface area contributed by atoms with Crippen molar-refractivity contribution in [3.8, 4) is 12.1 Å². The van der Waals surface area contributed by atoms with Crippen LogP contribution in [0.25, 0.3) is 0 Å². The van der Waals surface area contributed by atoms with Crippen LogP contribution in [0.15, 0.2) is 10.6 Å². The fraction of sp³-hybridized carbons (Fsp3) is 0.625. The highest BCUT2D eigenvalue weighted by Gasteiger charge is 2.44. The number of carbonyl (C=O) groups is 2. The summed E-state index contributed by atoms with van der Waals surface area (Å²) >= 11 is 1.10. The zero-order valence-electron chi connectivity index (χ0n) is 13.7. The van der Waals surface area contributed by atoms with Crippen molar-refractivity contribution in [2.24, 2.45) is 11.3 Å². The summed E-state index contributed by atoms with van der Waals surface area (Å²) in [4.78, 5) is 24.0. The zero-order chi connectivity index (χ0) is 17.7. The van der Waals surface area contributed by atoms with Crippen LogP contribution in [0.4, 0.5) is 0 Å². The number of nitriles is 2. The van der Waals surface area contributed by atoms with Crippen LogP contribution in [-0.2, 0) is 14.3 Å². The van der Waals surface area contributed by atoms with E-state index in [2.05, 4.69) is 16.7 Å². The van der Waals surface area contributed by atoms with Gasteiger partial charge in [0.25, 0.3) is 0 Å². The zero-order valence-corrected chi connectivity index (χ0v) is 14.5. The maximum atomic E-state index is 12.0. The Morgan fingerprint density at radius 1 is 1.50 bits per heavy atom. The van der Waals surface area contributed by atoms with E-state index in [1.165, 1.54) is 0 Å². The van der Waals surface area contributed by atoms with Gasteiger partial charge in [0.2, 0.25) is 11.8 Å². The Labute approximate surface area is 145 Å². The van der Waals surface area contributed by atoms with Crippen molar-refractivity contribution >= 4 is 23.6 Å².